The Morgan fingerprint density at radius 1 is 0.848 bits per heavy atom. The molecular formula is C26H21FN4O2. The van der Waals surface area contributed by atoms with Crippen molar-refractivity contribution in [2.45, 2.75) is 5.54 Å². The molecule has 5 rings (SSSR count). The Balaban J connectivity index is 1.79. The van der Waals surface area contributed by atoms with Crippen molar-refractivity contribution in [1.82, 2.24) is 9.97 Å². The minimum Gasteiger partial charge on any atom is -0.497 e. The molecule has 0 spiro atoms. The van der Waals surface area contributed by atoms with Crippen molar-refractivity contribution in [2.24, 2.45) is 10.7 Å². The van der Waals surface area contributed by atoms with Gasteiger partial charge in [0.2, 0.25) is 5.88 Å². The van der Waals surface area contributed by atoms with Crippen LogP contribution in [0.5, 0.6) is 11.6 Å². The van der Waals surface area contributed by atoms with Crippen LogP contribution in [0.2, 0.25) is 0 Å². The van der Waals surface area contributed by atoms with Gasteiger partial charge in [-0.05, 0) is 35.4 Å². The van der Waals surface area contributed by atoms with Crippen molar-refractivity contribution >= 4 is 5.84 Å². The molecule has 7 heteroatoms. The monoisotopic (exact) mass is 440 g/mol. The Morgan fingerprint density at radius 2 is 1.64 bits per heavy atom. The molecule has 33 heavy (non-hydrogen) atoms. The minimum absolute atomic E-state index is 0.142. The van der Waals surface area contributed by atoms with Gasteiger partial charge in [-0.1, -0.05) is 30.3 Å². The van der Waals surface area contributed by atoms with Gasteiger partial charge in [-0.15, -0.1) is 0 Å². The molecule has 1 aliphatic heterocycles. The van der Waals surface area contributed by atoms with Crippen LogP contribution < -0.4 is 15.2 Å². The number of hydrogen-bond donors (Lipinski definition) is 1. The summed E-state index contributed by atoms with van der Waals surface area (Å²) in [4.78, 5) is 13.6. The number of ether oxygens (including phenoxy) is 2. The van der Waals surface area contributed by atoms with Gasteiger partial charge in [0.1, 0.15) is 22.9 Å². The Morgan fingerprint density at radius 3 is 2.45 bits per heavy atom. The van der Waals surface area contributed by atoms with Gasteiger partial charge >= 0.3 is 0 Å². The predicted octanol–water partition coefficient (Wildman–Crippen LogP) is 4.31. The number of amidine groups is 1. The number of aromatic nitrogens is 2. The quantitative estimate of drug-likeness (QED) is 0.500. The highest BCUT2D eigenvalue weighted by Crippen LogP contribution is 2.47. The van der Waals surface area contributed by atoms with Crippen molar-refractivity contribution in [3.8, 4) is 22.9 Å². The zero-order valence-electron chi connectivity index (χ0n) is 18.1. The van der Waals surface area contributed by atoms with Gasteiger partial charge in [-0.2, -0.15) is 0 Å². The van der Waals surface area contributed by atoms with Gasteiger partial charge in [-0.25, -0.2) is 14.4 Å². The van der Waals surface area contributed by atoms with Crippen LogP contribution in [0.15, 0.2) is 84.1 Å². The molecule has 2 N–H and O–H groups in total. The Bertz CT molecular complexity index is 1390. The van der Waals surface area contributed by atoms with E-state index in [0.717, 1.165) is 22.4 Å². The third-order valence-electron chi connectivity index (χ3n) is 5.85. The highest BCUT2D eigenvalue weighted by atomic mass is 19.1. The first-order chi connectivity index (χ1) is 16.1. The fraction of sp³-hybridized carbons (Fsp3) is 0.115. The standard InChI is InChI=1S/C26H21FN4O2/c1-32-19-10-12-29-22(15-19)16-5-3-6-17(13-16)26(18-9-11-30-23(14-18)33-2)20-7-4-8-21(27)24(20)25(28)31-26/h3-15H,1-2H3,(H2,28,31). The maximum atomic E-state index is 14.9. The predicted molar refractivity (Wildman–Crippen MR) is 124 cm³/mol. The second kappa shape index (κ2) is 8.02. The molecule has 2 aromatic carbocycles. The molecule has 164 valence electrons. The molecule has 0 saturated heterocycles. The molecule has 0 bridgehead atoms. The number of benzene rings is 2. The smallest absolute Gasteiger partial charge is 0.213 e. The summed E-state index contributed by atoms with van der Waals surface area (Å²) in [5.41, 5.74) is 9.35. The number of fused-ring (bicyclic) bond motifs is 1. The zero-order valence-corrected chi connectivity index (χ0v) is 18.1. The van der Waals surface area contributed by atoms with E-state index in [1.807, 2.05) is 42.5 Å². The van der Waals surface area contributed by atoms with Gasteiger partial charge in [0.05, 0.1) is 25.5 Å². The van der Waals surface area contributed by atoms with Crippen LogP contribution in [0.4, 0.5) is 4.39 Å². The normalized spacial score (nSPS) is 16.8. The summed E-state index contributed by atoms with van der Waals surface area (Å²) < 4.78 is 25.6. The van der Waals surface area contributed by atoms with Crippen molar-refractivity contribution < 1.29 is 13.9 Å². The van der Waals surface area contributed by atoms with E-state index in [0.29, 0.717) is 22.8 Å². The van der Waals surface area contributed by atoms with Crippen LogP contribution in [0.3, 0.4) is 0 Å². The van der Waals surface area contributed by atoms with E-state index in [1.165, 1.54) is 6.07 Å². The highest BCUT2D eigenvalue weighted by molar-refractivity contribution is 6.03. The second-order valence-corrected chi connectivity index (χ2v) is 7.62. The number of pyridine rings is 2. The molecule has 6 nitrogen and oxygen atoms in total. The topological polar surface area (TPSA) is 82.6 Å². The van der Waals surface area contributed by atoms with Gasteiger partial charge < -0.3 is 15.2 Å². The molecule has 0 saturated carbocycles. The fourth-order valence-corrected chi connectivity index (χ4v) is 4.34. The van der Waals surface area contributed by atoms with Crippen molar-refractivity contribution in [2.75, 3.05) is 14.2 Å². The van der Waals surface area contributed by atoms with E-state index in [4.69, 9.17) is 20.2 Å². The molecule has 0 amide bonds. The number of nitrogens with zero attached hydrogens (tertiary/aromatic N) is 3. The number of rotatable bonds is 5. The number of aliphatic imine (C=N–C) groups is 1. The SMILES string of the molecule is COc1ccnc(-c2cccc(C3(c4ccnc(OC)c4)N=C(N)c4c(F)cccc43)c2)c1. The molecule has 4 aromatic rings. The first-order valence-electron chi connectivity index (χ1n) is 10.3. The summed E-state index contributed by atoms with van der Waals surface area (Å²) in [7, 11) is 3.16. The Labute approximate surface area is 190 Å². The van der Waals surface area contributed by atoms with Gasteiger partial charge in [0.15, 0.2) is 0 Å². The maximum absolute atomic E-state index is 14.9. The first-order valence-corrected chi connectivity index (χ1v) is 10.3. The minimum atomic E-state index is -1.08. The van der Waals surface area contributed by atoms with Crippen LogP contribution >= 0.6 is 0 Å². The number of methoxy groups -OCH3 is 2. The third-order valence-corrected chi connectivity index (χ3v) is 5.85. The third kappa shape index (κ3) is 3.29. The maximum Gasteiger partial charge on any atom is 0.213 e. The van der Waals surface area contributed by atoms with Crippen molar-refractivity contribution in [1.29, 1.82) is 0 Å². The van der Waals surface area contributed by atoms with E-state index < -0.39 is 11.4 Å². The van der Waals surface area contributed by atoms with E-state index in [1.54, 1.807) is 44.8 Å². The van der Waals surface area contributed by atoms with Crippen LogP contribution in [-0.2, 0) is 5.54 Å². The van der Waals surface area contributed by atoms with Crippen molar-refractivity contribution in [3.63, 3.8) is 0 Å². The lowest BCUT2D eigenvalue weighted by molar-refractivity contribution is 0.396. The summed E-state index contributed by atoms with van der Waals surface area (Å²) in [5.74, 6) is 0.858. The molecule has 2 aromatic heterocycles. The zero-order chi connectivity index (χ0) is 23.0. The molecule has 1 aliphatic rings. The summed E-state index contributed by atoms with van der Waals surface area (Å²) in [6, 6.07) is 20.0. The largest absolute Gasteiger partial charge is 0.497 e. The van der Waals surface area contributed by atoms with E-state index in [9.17, 15) is 4.39 Å². The van der Waals surface area contributed by atoms with E-state index in [-0.39, 0.29) is 5.84 Å². The van der Waals surface area contributed by atoms with Gasteiger partial charge in [-0.3, -0.25) is 4.98 Å². The molecular weight excluding hydrogens is 419 g/mol. The lowest BCUT2D eigenvalue weighted by atomic mass is 9.77. The van der Waals surface area contributed by atoms with E-state index >= 15 is 0 Å². The Hall–Kier alpha value is -4.26. The second-order valence-electron chi connectivity index (χ2n) is 7.62. The molecule has 0 radical (unpaired) electrons. The summed E-state index contributed by atoms with van der Waals surface area (Å²) >= 11 is 0. The van der Waals surface area contributed by atoms with Crippen LogP contribution in [0, 0.1) is 5.82 Å². The average Bonchev–Trinajstić information content (AvgIpc) is 3.18. The number of nitrogens with two attached hydrogens (primary N) is 1. The van der Waals surface area contributed by atoms with Crippen LogP contribution in [-0.4, -0.2) is 30.0 Å². The molecule has 0 aliphatic carbocycles. The summed E-state index contributed by atoms with van der Waals surface area (Å²) in [5, 5.41) is 0. The van der Waals surface area contributed by atoms with Crippen molar-refractivity contribution in [3.05, 3.63) is 107 Å². The highest BCUT2D eigenvalue weighted by Gasteiger charge is 2.44. The molecule has 3 heterocycles. The fourth-order valence-electron chi connectivity index (χ4n) is 4.34. The average molecular weight is 440 g/mol. The molecule has 1 unspecified atom stereocenters. The Kier molecular flexibility index (Phi) is 5.01. The van der Waals surface area contributed by atoms with Gasteiger partial charge in [0.25, 0.3) is 0 Å². The molecule has 1 atom stereocenters. The summed E-state index contributed by atoms with van der Waals surface area (Å²) in [6.45, 7) is 0. The molecule has 0 fully saturated rings. The number of halogens is 1. The van der Waals surface area contributed by atoms with Crippen LogP contribution in [0.25, 0.3) is 11.3 Å². The lowest BCUT2D eigenvalue weighted by Crippen LogP contribution is -2.25. The lowest BCUT2D eigenvalue weighted by Gasteiger charge is -2.29. The number of hydrogen-bond acceptors (Lipinski definition) is 6. The first kappa shape index (κ1) is 20.6. The van der Waals surface area contributed by atoms with Gasteiger partial charge in [0, 0.05) is 35.7 Å². The summed E-state index contributed by atoms with van der Waals surface area (Å²) in [6.07, 6.45) is 3.34. The van der Waals surface area contributed by atoms with Crippen LogP contribution in [0.1, 0.15) is 22.3 Å². The van der Waals surface area contributed by atoms with E-state index in [2.05, 4.69) is 9.97 Å².